The fraction of sp³-hybridized carbons (Fsp3) is 0.562. The zero-order chi connectivity index (χ0) is 30.4. The number of carbonyl (C=O) groups is 2. The number of amides is 2. The molecule has 1 heterocycles. The first-order chi connectivity index (χ1) is 20.3. The standard InChI is InChI=1S/C32H44N2O8/c1-20(21-11-9-8-10-12-21)24-19-33(31(35)22-13-15-25(37-2)29(41-6)27(22)39-4)17-18-34(24)32(36)23-14-16-26(38-3)30(42-7)28(23)40-5/h13-16,20-21,24H,8-12,17-19H2,1-7H3. The minimum atomic E-state index is -0.192. The van der Waals surface area contributed by atoms with Crippen LogP contribution in [0.5, 0.6) is 34.5 Å². The Morgan fingerprint density at radius 3 is 1.64 bits per heavy atom. The largest absolute Gasteiger partial charge is 0.493 e. The van der Waals surface area contributed by atoms with E-state index < -0.39 is 0 Å². The second kappa shape index (κ2) is 13.9. The van der Waals surface area contributed by atoms with Crippen molar-refractivity contribution in [3.8, 4) is 34.5 Å². The van der Waals surface area contributed by atoms with Gasteiger partial charge in [-0.2, -0.15) is 0 Å². The zero-order valence-corrected chi connectivity index (χ0v) is 25.9. The van der Waals surface area contributed by atoms with Gasteiger partial charge in [0.05, 0.1) is 59.8 Å². The molecule has 1 aliphatic carbocycles. The molecular weight excluding hydrogens is 540 g/mol. The van der Waals surface area contributed by atoms with E-state index >= 15 is 0 Å². The molecule has 230 valence electrons. The topological polar surface area (TPSA) is 96.0 Å². The molecule has 2 unspecified atom stereocenters. The summed E-state index contributed by atoms with van der Waals surface area (Å²) in [6.07, 6.45) is 5.85. The van der Waals surface area contributed by atoms with E-state index in [0.717, 1.165) is 12.8 Å². The zero-order valence-electron chi connectivity index (χ0n) is 25.9. The molecule has 0 N–H and O–H groups in total. The van der Waals surface area contributed by atoms with Crippen molar-refractivity contribution in [3.63, 3.8) is 0 Å². The summed E-state index contributed by atoms with van der Waals surface area (Å²) in [5.74, 6) is 2.68. The second-order valence-electron chi connectivity index (χ2n) is 10.8. The molecule has 0 radical (unpaired) electrons. The van der Waals surface area contributed by atoms with Crippen molar-refractivity contribution in [2.24, 2.45) is 11.8 Å². The molecule has 1 saturated heterocycles. The molecule has 0 bridgehead atoms. The molecule has 1 aliphatic heterocycles. The minimum absolute atomic E-state index is 0.156. The van der Waals surface area contributed by atoms with E-state index in [1.54, 1.807) is 38.5 Å². The first-order valence-electron chi connectivity index (χ1n) is 14.5. The number of piperazine rings is 1. The van der Waals surface area contributed by atoms with Gasteiger partial charge in [-0.3, -0.25) is 9.59 Å². The Morgan fingerprint density at radius 1 is 0.667 bits per heavy atom. The van der Waals surface area contributed by atoms with E-state index in [1.165, 1.54) is 47.7 Å². The fourth-order valence-electron chi connectivity index (χ4n) is 6.54. The smallest absolute Gasteiger partial charge is 0.258 e. The van der Waals surface area contributed by atoms with Crippen LogP contribution in [0, 0.1) is 11.8 Å². The van der Waals surface area contributed by atoms with Gasteiger partial charge in [0, 0.05) is 19.6 Å². The molecule has 2 fully saturated rings. The number of ether oxygens (including phenoxy) is 6. The van der Waals surface area contributed by atoms with Gasteiger partial charge in [-0.25, -0.2) is 0 Å². The van der Waals surface area contributed by atoms with E-state index in [4.69, 9.17) is 28.4 Å². The van der Waals surface area contributed by atoms with Gasteiger partial charge in [0.25, 0.3) is 11.8 Å². The normalized spacial score (nSPS) is 18.2. The molecule has 0 aromatic heterocycles. The van der Waals surface area contributed by atoms with E-state index in [-0.39, 0.29) is 23.8 Å². The van der Waals surface area contributed by atoms with Crippen LogP contribution in [0.15, 0.2) is 24.3 Å². The van der Waals surface area contributed by atoms with Crippen LogP contribution in [0.4, 0.5) is 0 Å². The molecular formula is C32H44N2O8. The van der Waals surface area contributed by atoms with Crippen LogP contribution in [0.1, 0.15) is 59.7 Å². The predicted molar refractivity (Wildman–Crippen MR) is 159 cm³/mol. The van der Waals surface area contributed by atoms with Gasteiger partial charge in [-0.1, -0.05) is 39.0 Å². The third-order valence-corrected chi connectivity index (χ3v) is 8.84. The Labute approximate surface area is 248 Å². The summed E-state index contributed by atoms with van der Waals surface area (Å²) >= 11 is 0. The molecule has 0 spiro atoms. The summed E-state index contributed by atoms with van der Waals surface area (Å²) in [7, 11) is 9.15. The first-order valence-corrected chi connectivity index (χ1v) is 14.5. The molecule has 10 heteroatoms. The molecule has 2 amide bonds. The third-order valence-electron chi connectivity index (χ3n) is 8.84. The van der Waals surface area contributed by atoms with Crippen LogP contribution in [-0.4, -0.2) is 89.9 Å². The number of benzene rings is 2. The van der Waals surface area contributed by atoms with Gasteiger partial charge in [-0.15, -0.1) is 0 Å². The van der Waals surface area contributed by atoms with Crippen LogP contribution < -0.4 is 28.4 Å². The lowest BCUT2D eigenvalue weighted by atomic mass is 9.76. The lowest BCUT2D eigenvalue weighted by Crippen LogP contribution is -2.59. The minimum Gasteiger partial charge on any atom is -0.493 e. The third kappa shape index (κ3) is 5.89. The molecule has 42 heavy (non-hydrogen) atoms. The fourth-order valence-corrected chi connectivity index (χ4v) is 6.54. The highest BCUT2D eigenvalue weighted by Crippen LogP contribution is 2.43. The lowest BCUT2D eigenvalue weighted by Gasteiger charge is -2.46. The van der Waals surface area contributed by atoms with E-state index in [2.05, 4.69) is 6.92 Å². The Morgan fingerprint density at radius 2 is 1.17 bits per heavy atom. The summed E-state index contributed by atoms with van der Waals surface area (Å²) in [6, 6.07) is 6.66. The van der Waals surface area contributed by atoms with Gasteiger partial charge in [0.2, 0.25) is 11.5 Å². The van der Waals surface area contributed by atoms with Crippen molar-refractivity contribution in [1.82, 2.24) is 9.80 Å². The van der Waals surface area contributed by atoms with Crippen molar-refractivity contribution in [3.05, 3.63) is 35.4 Å². The maximum absolute atomic E-state index is 14.2. The number of hydrogen-bond donors (Lipinski definition) is 0. The molecule has 10 nitrogen and oxygen atoms in total. The predicted octanol–water partition coefficient (Wildman–Crippen LogP) is 4.92. The van der Waals surface area contributed by atoms with Crippen LogP contribution in [0.2, 0.25) is 0 Å². The van der Waals surface area contributed by atoms with E-state index in [9.17, 15) is 9.59 Å². The highest BCUT2D eigenvalue weighted by Gasteiger charge is 2.41. The molecule has 2 aromatic carbocycles. The van der Waals surface area contributed by atoms with Crippen molar-refractivity contribution < 1.29 is 38.0 Å². The van der Waals surface area contributed by atoms with Crippen LogP contribution in [0.25, 0.3) is 0 Å². The summed E-state index contributed by atoms with van der Waals surface area (Å²) in [5.41, 5.74) is 0.790. The molecule has 1 saturated carbocycles. The molecule has 2 aromatic rings. The Balaban J connectivity index is 1.69. The Bertz CT molecular complexity index is 1260. The summed E-state index contributed by atoms with van der Waals surface area (Å²) < 4.78 is 33.2. The quantitative estimate of drug-likeness (QED) is 0.388. The Kier molecular flexibility index (Phi) is 10.3. The number of nitrogens with zero attached hydrogens (tertiary/aromatic N) is 2. The summed E-state index contributed by atoms with van der Waals surface area (Å²) in [5, 5.41) is 0. The van der Waals surface area contributed by atoms with Crippen LogP contribution in [-0.2, 0) is 0 Å². The van der Waals surface area contributed by atoms with Crippen molar-refractivity contribution in [1.29, 1.82) is 0 Å². The average molecular weight is 585 g/mol. The Hall–Kier alpha value is -3.82. The highest BCUT2D eigenvalue weighted by molar-refractivity contribution is 6.00. The van der Waals surface area contributed by atoms with E-state index in [0.29, 0.717) is 71.2 Å². The van der Waals surface area contributed by atoms with Gasteiger partial charge >= 0.3 is 0 Å². The van der Waals surface area contributed by atoms with Crippen molar-refractivity contribution >= 4 is 11.8 Å². The van der Waals surface area contributed by atoms with E-state index in [1.807, 2.05) is 9.80 Å². The number of methoxy groups -OCH3 is 6. The summed E-state index contributed by atoms with van der Waals surface area (Å²) in [4.78, 5) is 32.0. The molecule has 2 aliphatic rings. The maximum atomic E-state index is 14.2. The van der Waals surface area contributed by atoms with Gasteiger partial charge in [0.15, 0.2) is 23.0 Å². The summed E-state index contributed by atoms with van der Waals surface area (Å²) in [6.45, 7) is 3.36. The highest BCUT2D eigenvalue weighted by atomic mass is 16.5. The number of carbonyl (C=O) groups excluding carboxylic acids is 2. The monoisotopic (exact) mass is 584 g/mol. The van der Waals surface area contributed by atoms with Crippen LogP contribution in [0.3, 0.4) is 0 Å². The number of hydrogen-bond acceptors (Lipinski definition) is 8. The van der Waals surface area contributed by atoms with Crippen molar-refractivity contribution in [2.75, 3.05) is 62.3 Å². The average Bonchev–Trinajstić information content (AvgIpc) is 3.05. The molecule has 2 atom stereocenters. The SMILES string of the molecule is COc1ccc(C(=O)N2CCN(C(=O)c3ccc(OC)c(OC)c3OC)C(C(C)C3CCCCC3)C2)c(OC)c1OC. The van der Waals surface area contributed by atoms with Crippen LogP contribution >= 0.6 is 0 Å². The van der Waals surface area contributed by atoms with Gasteiger partial charge < -0.3 is 38.2 Å². The van der Waals surface area contributed by atoms with Gasteiger partial charge in [0.1, 0.15) is 0 Å². The first kappa shape index (κ1) is 31.1. The lowest BCUT2D eigenvalue weighted by molar-refractivity contribution is 0.0183. The van der Waals surface area contributed by atoms with Gasteiger partial charge in [-0.05, 0) is 36.1 Å². The van der Waals surface area contributed by atoms with Crippen molar-refractivity contribution in [2.45, 2.75) is 45.1 Å². The second-order valence-corrected chi connectivity index (χ2v) is 10.8. The maximum Gasteiger partial charge on any atom is 0.258 e. The molecule has 4 rings (SSSR count). The number of rotatable bonds is 10.